The van der Waals surface area contributed by atoms with Crippen LogP contribution in [0.1, 0.15) is 11.1 Å². The van der Waals surface area contributed by atoms with E-state index >= 15 is 4.57 Å². The Hall–Kier alpha value is -3.43. The average Bonchev–Trinajstić information content (AvgIpc) is 2.98. The maximum absolute atomic E-state index is 15.2. The van der Waals surface area contributed by atoms with Gasteiger partial charge in [-0.15, -0.1) is 0 Å². The van der Waals surface area contributed by atoms with Crippen molar-refractivity contribution < 1.29 is 18.8 Å². The van der Waals surface area contributed by atoms with Crippen molar-refractivity contribution >= 4 is 17.8 Å². The van der Waals surface area contributed by atoms with E-state index in [2.05, 4.69) is 0 Å². The Morgan fingerprint density at radius 1 is 0.649 bits per heavy atom. The first-order valence-electron chi connectivity index (χ1n) is 12.6. The third-order valence-electron chi connectivity index (χ3n) is 6.61. The third-order valence-corrected chi connectivity index (χ3v) is 10.0. The Balaban J connectivity index is 1.47. The van der Waals surface area contributed by atoms with Crippen molar-refractivity contribution in [1.29, 1.82) is 0 Å². The van der Waals surface area contributed by atoms with E-state index in [1.165, 1.54) is 0 Å². The van der Waals surface area contributed by atoms with E-state index in [0.717, 1.165) is 21.7 Å². The van der Waals surface area contributed by atoms with Crippen molar-refractivity contribution in [2.24, 2.45) is 0 Å². The zero-order valence-electron chi connectivity index (χ0n) is 20.6. The van der Waals surface area contributed by atoms with E-state index in [4.69, 9.17) is 14.2 Å². The van der Waals surface area contributed by atoms with Gasteiger partial charge in [-0.05, 0) is 17.2 Å². The number of benzene rings is 4. The lowest BCUT2D eigenvalue weighted by atomic mass is 10.1. The predicted octanol–water partition coefficient (Wildman–Crippen LogP) is 6.08. The molecule has 4 aromatic carbocycles. The molecule has 5 rings (SSSR count). The molecule has 0 fully saturated rings. The summed E-state index contributed by atoms with van der Waals surface area (Å²) in [5, 5.41) is 1.60. The zero-order chi connectivity index (χ0) is 25.3. The molecule has 0 saturated carbocycles. The molecule has 0 N–H and O–H groups in total. The summed E-state index contributed by atoms with van der Waals surface area (Å²) >= 11 is 0. The lowest BCUT2D eigenvalue weighted by Crippen LogP contribution is -2.47. The summed E-state index contributed by atoms with van der Waals surface area (Å²) in [4.78, 5) is 0. The molecule has 0 saturated heterocycles. The summed E-state index contributed by atoms with van der Waals surface area (Å²) in [7, 11) is -3.15. The van der Waals surface area contributed by atoms with Crippen LogP contribution in [0.3, 0.4) is 0 Å². The molecule has 1 heterocycles. The number of hydrogen-bond acceptors (Lipinski definition) is 4. The minimum absolute atomic E-state index is 0.318. The molecule has 0 aromatic heterocycles. The smallest absolute Gasteiger partial charge is 0.152 e. The predicted molar refractivity (Wildman–Crippen MR) is 149 cm³/mol. The van der Waals surface area contributed by atoms with Gasteiger partial charge >= 0.3 is 0 Å². The van der Waals surface area contributed by atoms with Gasteiger partial charge in [0.15, 0.2) is 7.14 Å². The topological polar surface area (TPSA) is 44.8 Å². The summed E-state index contributed by atoms with van der Waals surface area (Å²) < 4.78 is 33.9. The highest BCUT2D eigenvalue weighted by Gasteiger charge is 2.46. The first-order valence-corrected chi connectivity index (χ1v) is 14.3. The molecule has 0 unspecified atom stereocenters. The van der Waals surface area contributed by atoms with E-state index in [0.29, 0.717) is 19.8 Å². The van der Waals surface area contributed by atoms with Gasteiger partial charge in [0, 0.05) is 10.6 Å². The SMILES string of the molecule is O=P(c1ccccc1)(c1ccccc1)[C@H]1C=CO[C@H](COCc2ccccc2)[C@H]1OCc1ccccc1. The molecular weight excluding hydrogens is 479 g/mol. The highest BCUT2D eigenvalue weighted by molar-refractivity contribution is 7.79. The number of hydrogen-bond donors (Lipinski definition) is 0. The summed E-state index contributed by atoms with van der Waals surface area (Å²) in [5.41, 5.74) is 1.72. The van der Waals surface area contributed by atoms with Gasteiger partial charge in [0.1, 0.15) is 12.2 Å². The van der Waals surface area contributed by atoms with Gasteiger partial charge in [-0.2, -0.15) is 0 Å². The minimum Gasteiger partial charge on any atom is -0.493 e. The van der Waals surface area contributed by atoms with E-state index in [9.17, 15) is 0 Å². The third kappa shape index (κ3) is 5.94. The summed E-state index contributed by atoms with van der Waals surface area (Å²) in [6.07, 6.45) is 2.68. The summed E-state index contributed by atoms with van der Waals surface area (Å²) in [6, 6.07) is 39.5. The van der Waals surface area contributed by atoms with E-state index in [1.807, 2.05) is 127 Å². The lowest BCUT2D eigenvalue weighted by Gasteiger charge is -2.39. The molecule has 0 aliphatic carbocycles. The Labute approximate surface area is 218 Å². The van der Waals surface area contributed by atoms with Crippen LogP contribution in [0.15, 0.2) is 134 Å². The Morgan fingerprint density at radius 3 is 1.68 bits per heavy atom. The van der Waals surface area contributed by atoms with Crippen LogP contribution in [0.2, 0.25) is 0 Å². The van der Waals surface area contributed by atoms with Crippen LogP contribution in [0.25, 0.3) is 0 Å². The van der Waals surface area contributed by atoms with Gasteiger partial charge in [-0.1, -0.05) is 121 Å². The van der Waals surface area contributed by atoms with Crippen LogP contribution < -0.4 is 10.6 Å². The van der Waals surface area contributed by atoms with Crippen molar-refractivity contribution in [2.75, 3.05) is 6.61 Å². The monoisotopic (exact) mass is 510 g/mol. The van der Waals surface area contributed by atoms with Crippen molar-refractivity contribution in [3.05, 3.63) is 145 Å². The molecule has 0 bridgehead atoms. The van der Waals surface area contributed by atoms with Gasteiger partial charge in [0.25, 0.3) is 0 Å². The first kappa shape index (κ1) is 25.2. The summed E-state index contributed by atoms with van der Waals surface area (Å²) in [5.74, 6) is 0. The molecule has 5 heteroatoms. The molecule has 0 amide bonds. The van der Waals surface area contributed by atoms with Crippen LogP contribution in [0.4, 0.5) is 0 Å². The van der Waals surface area contributed by atoms with E-state index < -0.39 is 25.0 Å². The second-order valence-corrected chi connectivity index (χ2v) is 12.0. The maximum atomic E-state index is 15.2. The fourth-order valence-corrected chi connectivity index (χ4v) is 7.95. The molecule has 1 aliphatic rings. The van der Waals surface area contributed by atoms with Crippen molar-refractivity contribution in [1.82, 2.24) is 0 Å². The van der Waals surface area contributed by atoms with Crippen LogP contribution in [-0.4, -0.2) is 24.5 Å². The molecule has 1 aliphatic heterocycles. The quantitative estimate of drug-likeness (QED) is 0.243. The number of ether oxygens (including phenoxy) is 3. The molecule has 37 heavy (non-hydrogen) atoms. The van der Waals surface area contributed by atoms with Crippen LogP contribution in [0, 0.1) is 0 Å². The van der Waals surface area contributed by atoms with Crippen LogP contribution in [-0.2, 0) is 32.0 Å². The number of rotatable bonds is 10. The van der Waals surface area contributed by atoms with Gasteiger partial charge in [-0.25, -0.2) is 0 Å². The lowest BCUT2D eigenvalue weighted by molar-refractivity contribution is -0.0899. The Bertz CT molecular complexity index is 1270. The molecular formula is C32H31O4P. The van der Waals surface area contributed by atoms with Crippen LogP contribution >= 0.6 is 7.14 Å². The average molecular weight is 511 g/mol. The van der Waals surface area contributed by atoms with Gasteiger partial charge in [-0.3, -0.25) is 0 Å². The molecule has 0 spiro atoms. The van der Waals surface area contributed by atoms with Crippen LogP contribution in [0.5, 0.6) is 0 Å². The highest BCUT2D eigenvalue weighted by Crippen LogP contribution is 2.52. The molecule has 3 atom stereocenters. The zero-order valence-corrected chi connectivity index (χ0v) is 21.5. The first-order chi connectivity index (χ1) is 18.2. The van der Waals surface area contributed by atoms with Gasteiger partial charge in [0.2, 0.25) is 0 Å². The molecule has 0 radical (unpaired) electrons. The van der Waals surface area contributed by atoms with Crippen molar-refractivity contribution in [3.8, 4) is 0 Å². The molecule has 4 nitrogen and oxygen atoms in total. The normalized spacial score (nSPS) is 19.3. The molecule has 188 valence electrons. The summed E-state index contributed by atoms with van der Waals surface area (Å²) in [6.45, 7) is 1.17. The minimum atomic E-state index is -3.15. The molecule has 4 aromatic rings. The second kappa shape index (κ2) is 12.2. The fraction of sp³-hybridized carbons (Fsp3) is 0.188. The fourth-order valence-electron chi connectivity index (χ4n) is 4.73. The second-order valence-electron chi connectivity index (χ2n) is 9.08. The van der Waals surface area contributed by atoms with Gasteiger partial charge < -0.3 is 18.8 Å². The van der Waals surface area contributed by atoms with Crippen molar-refractivity contribution in [3.63, 3.8) is 0 Å². The van der Waals surface area contributed by atoms with E-state index in [1.54, 1.807) is 6.26 Å². The maximum Gasteiger partial charge on any atom is 0.152 e. The van der Waals surface area contributed by atoms with Crippen molar-refractivity contribution in [2.45, 2.75) is 31.1 Å². The van der Waals surface area contributed by atoms with Gasteiger partial charge in [0.05, 0.1) is 31.7 Å². The Morgan fingerprint density at radius 2 is 1.14 bits per heavy atom. The Kier molecular flexibility index (Phi) is 8.32. The standard InChI is InChI=1S/C32H31O4P/c33-37(28-17-9-3-10-18-28,29-19-11-4-12-20-29)31-21-22-35-30(25-34-23-26-13-5-1-6-14-26)32(31)36-24-27-15-7-2-8-16-27/h1-22,30-32H,23-25H2/t30-,31+,32-/m1/s1. The van der Waals surface area contributed by atoms with E-state index in [-0.39, 0.29) is 0 Å². The largest absolute Gasteiger partial charge is 0.493 e. The highest BCUT2D eigenvalue weighted by atomic mass is 31.2.